The number of anilines is 1. The third-order valence-corrected chi connectivity index (χ3v) is 9.75. The zero-order valence-corrected chi connectivity index (χ0v) is 29.4. The van der Waals surface area contributed by atoms with Gasteiger partial charge in [0, 0.05) is 42.8 Å². The molecule has 7 atom stereocenters. The minimum atomic E-state index is -4.66. The van der Waals surface area contributed by atoms with Crippen LogP contribution < -0.4 is 38.1 Å². The molecule has 298 valence electrons. The van der Waals surface area contributed by atoms with Crippen molar-refractivity contribution in [3.63, 3.8) is 0 Å². The second-order valence-electron chi connectivity index (χ2n) is 13.3. The molecule has 0 radical (unpaired) electrons. The average molecular weight is 786 g/mol. The summed E-state index contributed by atoms with van der Waals surface area (Å²) in [5, 5.41) is 28.0. The molecule has 2 aromatic carbocycles. The van der Waals surface area contributed by atoms with Crippen LogP contribution in [0.3, 0.4) is 0 Å². The van der Waals surface area contributed by atoms with Gasteiger partial charge in [0.2, 0.25) is 5.91 Å². The van der Waals surface area contributed by atoms with Crippen molar-refractivity contribution in [2.24, 2.45) is 0 Å². The number of nitrogens with one attached hydrogen (secondary N) is 6. The molecule has 56 heavy (non-hydrogen) atoms. The van der Waals surface area contributed by atoms with Gasteiger partial charge in [-0.3, -0.25) is 24.5 Å². The topological polar surface area (TPSA) is 254 Å². The second-order valence-corrected chi connectivity index (χ2v) is 13.3. The van der Waals surface area contributed by atoms with Gasteiger partial charge in [0.05, 0.1) is 13.2 Å². The summed E-state index contributed by atoms with van der Waals surface area (Å²) in [7, 11) is 0. The highest BCUT2D eigenvalue weighted by Crippen LogP contribution is 2.56. The number of aliphatic hydroxyl groups excluding tert-OH is 2. The predicted octanol–water partition coefficient (Wildman–Crippen LogP) is 1.34. The van der Waals surface area contributed by atoms with Crippen molar-refractivity contribution in [2.45, 2.75) is 73.6 Å². The fourth-order valence-corrected chi connectivity index (χ4v) is 6.93. The lowest BCUT2D eigenvalue weighted by Gasteiger charge is -2.38. The Kier molecular flexibility index (Phi) is 11.8. The minimum Gasteiger partial charge on any atom is -0.450 e. The van der Waals surface area contributed by atoms with Gasteiger partial charge in [0.1, 0.15) is 24.4 Å². The maximum atomic E-state index is 14.2. The SMILES string of the molecule is C#CCC1c2ccc(c(NC(=O)OC(CCCOC(=O)NCC(=O)NCC3OC(n4ccc(=O)[nH]c4=O)C(O)C3O)c3ccccc3)c2)C1C1(C(F)(F)F)NN1. The van der Waals surface area contributed by atoms with E-state index in [4.69, 9.17) is 20.6 Å². The van der Waals surface area contributed by atoms with Crippen LogP contribution in [0.1, 0.15) is 60.1 Å². The molecular weight excluding hydrogens is 747 g/mol. The number of fused-ring (bicyclic) bond motifs is 3. The fourth-order valence-electron chi connectivity index (χ4n) is 6.93. The number of nitrogens with zero attached hydrogens (tertiary/aromatic N) is 1. The first-order chi connectivity index (χ1) is 26.7. The summed E-state index contributed by atoms with van der Waals surface area (Å²) in [4.78, 5) is 63.3. The fraction of sp³-hybridized carbons (Fsp3) is 0.417. The number of benzene rings is 2. The normalized spacial score (nSPS) is 23.7. The molecule has 2 saturated heterocycles. The number of ether oxygens (including phenoxy) is 3. The molecule has 2 aliphatic heterocycles. The smallest absolute Gasteiger partial charge is 0.422 e. The number of carbonyl (C=O) groups excluding carboxylic acids is 3. The summed E-state index contributed by atoms with van der Waals surface area (Å²) >= 11 is 0. The van der Waals surface area contributed by atoms with Crippen molar-refractivity contribution in [1.29, 1.82) is 0 Å². The predicted molar refractivity (Wildman–Crippen MR) is 189 cm³/mol. The van der Waals surface area contributed by atoms with Crippen LogP contribution in [0.4, 0.5) is 28.4 Å². The second kappa shape index (κ2) is 16.6. The Balaban J connectivity index is 0.969. The highest BCUT2D eigenvalue weighted by Gasteiger charge is 2.70. The molecule has 4 aliphatic rings. The lowest BCUT2D eigenvalue weighted by Crippen LogP contribution is -2.46. The van der Waals surface area contributed by atoms with Gasteiger partial charge in [0.15, 0.2) is 11.9 Å². The van der Waals surface area contributed by atoms with Crippen molar-refractivity contribution < 1.29 is 52.0 Å². The Bertz CT molecular complexity index is 2090. The lowest BCUT2D eigenvalue weighted by atomic mass is 9.68. The Morgan fingerprint density at radius 2 is 1.79 bits per heavy atom. The summed E-state index contributed by atoms with van der Waals surface area (Å²) in [6.07, 6.45) is -5.83. The number of aromatic amines is 1. The van der Waals surface area contributed by atoms with Crippen LogP contribution in [-0.2, 0) is 19.0 Å². The summed E-state index contributed by atoms with van der Waals surface area (Å²) in [6, 6.07) is 14.5. The van der Waals surface area contributed by atoms with Gasteiger partial charge >= 0.3 is 24.1 Å². The average Bonchev–Trinajstić information content (AvgIpc) is 3.94. The van der Waals surface area contributed by atoms with Gasteiger partial charge in [0.25, 0.3) is 5.56 Å². The van der Waals surface area contributed by atoms with Gasteiger partial charge < -0.3 is 35.1 Å². The van der Waals surface area contributed by atoms with Crippen LogP contribution in [-0.4, -0.2) is 87.7 Å². The Morgan fingerprint density at radius 3 is 2.46 bits per heavy atom. The first-order valence-electron chi connectivity index (χ1n) is 17.4. The van der Waals surface area contributed by atoms with E-state index in [-0.39, 0.29) is 43.7 Å². The van der Waals surface area contributed by atoms with E-state index in [0.717, 1.165) is 16.8 Å². The maximum Gasteiger partial charge on any atom is 0.422 e. The number of amides is 3. The first-order valence-corrected chi connectivity index (χ1v) is 17.4. The summed E-state index contributed by atoms with van der Waals surface area (Å²) in [6.45, 7) is -0.955. The first kappa shape index (κ1) is 40.0. The van der Waals surface area contributed by atoms with E-state index < -0.39 is 90.2 Å². The van der Waals surface area contributed by atoms with Gasteiger partial charge in [-0.05, 0) is 35.6 Å². The van der Waals surface area contributed by atoms with E-state index >= 15 is 0 Å². The number of hydrogen-bond acceptors (Lipinski definition) is 12. The van der Waals surface area contributed by atoms with Gasteiger partial charge in [-0.15, -0.1) is 12.3 Å². The van der Waals surface area contributed by atoms with Gasteiger partial charge in [-0.2, -0.15) is 13.2 Å². The zero-order chi connectivity index (χ0) is 40.2. The van der Waals surface area contributed by atoms with Crippen LogP contribution in [0, 0.1) is 12.3 Å². The third-order valence-electron chi connectivity index (χ3n) is 9.75. The van der Waals surface area contributed by atoms with E-state index in [2.05, 4.69) is 32.7 Å². The molecule has 2 fully saturated rings. The molecular formula is C36H38F3N7O10. The molecule has 17 nitrogen and oxygen atoms in total. The molecule has 1 aromatic heterocycles. The van der Waals surface area contributed by atoms with Crippen molar-refractivity contribution in [3.05, 3.63) is 98.3 Å². The molecule has 2 aliphatic carbocycles. The molecule has 7 rings (SSSR count). The third kappa shape index (κ3) is 8.56. The number of halogens is 3. The largest absolute Gasteiger partial charge is 0.450 e. The number of carbonyl (C=O) groups is 3. The van der Waals surface area contributed by atoms with Crippen LogP contribution in [0.5, 0.6) is 0 Å². The number of aromatic nitrogens is 2. The Hall–Kier alpha value is -5.72. The van der Waals surface area contributed by atoms with E-state index in [1.54, 1.807) is 42.5 Å². The molecule has 2 bridgehead atoms. The van der Waals surface area contributed by atoms with E-state index in [9.17, 15) is 47.4 Å². The number of rotatable bonds is 14. The maximum absolute atomic E-state index is 14.2. The van der Waals surface area contributed by atoms with Crippen molar-refractivity contribution in [1.82, 2.24) is 31.0 Å². The molecule has 7 unspecified atom stereocenters. The minimum absolute atomic E-state index is 0.0480. The number of hydrogen-bond donors (Lipinski definition) is 8. The molecule has 20 heteroatoms. The molecule has 0 saturated carbocycles. The molecule has 0 spiro atoms. The molecule has 3 amide bonds. The highest BCUT2D eigenvalue weighted by molar-refractivity contribution is 5.87. The van der Waals surface area contributed by atoms with Crippen molar-refractivity contribution in [2.75, 3.05) is 25.0 Å². The van der Waals surface area contributed by atoms with Crippen LogP contribution in [0.2, 0.25) is 0 Å². The van der Waals surface area contributed by atoms with Crippen LogP contribution in [0.15, 0.2) is 70.4 Å². The lowest BCUT2D eigenvalue weighted by molar-refractivity contribution is -0.170. The molecule has 3 aromatic rings. The van der Waals surface area contributed by atoms with Crippen molar-refractivity contribution >= 4 is 23.8 Å². The van der Waals surface area contributed by atoms with Crippen LogP contribution in [0.25, 0.3) is 0 Å². The Morgan fingerprint density at radius 1 is 1.04 bits per heavy atom. The summed E-state index contributed by atoms with van der Waals surface area (Å²) in [5.74, 6) is -0.0427. The summed E-state index contributed by atoms with van der Waals surface area (Å²) < 4.78 is 59.8. The number of terminal acetylenes is 1. The number of alkyl carbamates (subject to hydrolysis) is 1. The quantitative estimate of drug-likeness (QED) is 0.0655. The molecule has 8 N–H and O–H groups in total. The Labute approximate surface area is 315 Å². The molecule has 3 heterocycles. The number of H-pyrrole nitrogens is 1. The zero-order valence-electron chi connectivity index (χ0n) is 29.4. The van der Waals surface area contributed by atoms with Gasteiger partial charge in [-0.1, -0.05) is 42.5 Å². The highest BCUT2D eigenvalue weighted by atomic mass is 19.4. The standard InChI is InChI=1S/C36H38F3N7O10/c1-2-7-21-20-11-12-22(28(21)35(44-45-35)36(37,38)39)23(16-20)42-34(53)56-24(19-8-4-3-5-9-19)10-6-15-54-33(52)41-18-27(48)40-17-25-29(49)30(50)31(55-25)46-14-13-26(47)43-32(46)51/h1,3-5,8-9,11-14,16,21,24-25,28-31,44-45,49-50H,6-7,10,15,17-18H2,(H,40,48)(H,41,52)(H,42,53)(H,43,47,51). The van der Waals surface area contributed by atoms with E-state index in [1.165, 1.54) is 6.07 Å². The van der Waals surface area contributed by atoms with Gasteiger partial charge in [-0.25, -0.2) is 25.2 Å². The summed E-state index contributed by atoms with van der Waals surface area (Å²) in [5.41, 5.74) is 2.09. The van der Waals surface area contributed by atoms with Crippen LogP contribution >= 0.6 is 0 Å². The van der Waals surface area contributed by atoms with Crippen molar-refractivity contribution in [3.8, 4) is 12.3 Å². The number of aliphatic hydroxyl groups is 2. The van der Waals surface area contributed by atoms with E-state index in [1.807, 2.05) is 4.98 Å². The number of hydrazine groups is 1. The van der Waals surface area contributed by atoms with E-state index in [0.29, 0.717) is 11.1 Å². The monoisotopic (exact) mass is 785 g/mol. The number of alkyl halides is 3.